The van der Waals surface area contributed by atoms with E-state index in [1.165, 1.54) is 22.3 Å². The van der Waals surface area contributed by atoms with Gasteiger partial charge in [-0.3, -0.25) is 0 Å². The molecule has 0 amide bonds. The fraction of sp³-hybridized carbons (Fsp3) is 0.250. The monoisotopic (exact) mass is 209 g/mol. The summed E-state index contributed by atoms with van der Waals surface area (Å²) in [5, 5.41) is 0. The minimum absolute atomic E-state index is 0.982. The molecule has 0 nitrogen and oxygen atoms in total. The van der Waals surface area contributed by atoms with E-state index in [-0.39, 0.29) is 0 Å². The molecule has 2 aromatic carbocycles. The highest BCUT2D eigenvalue weighted by Crippen LogP contribution is 2.13. The van der Waals surface area contributed by atoms with Crippen LogP contribution in [0, 0.1) is 13.0 Å². The van der Waals surface area contributed by atoms with E-state index >= 15 is 0 Å². The molecule has 0 heteroatoms. The van der Waals surface area contributed by atoms with E-state index in [1.54, 1.807) is 0 Å². The molecule has 0 aliphatic rings. The zero-order valence-corrected chi connectivity index (χ0v) is 9.96. The van der Waals surface area contributed by atoms with Gasteiger partial charge in [0.05, 0.1) is 0 Å². The van der Waals surface area contributed by atoms with Crippen LogP contribution >= 0.6 is 0 Å². The molecule has 0 saturated heterocycles. The van der Waals surface area contributed by atoms with E-state index in [2.05, 4.69) is 62.4 Å². The lowest BCUT2D eigenvalue weighted by Crippen LogP contribution is -1.92. The van der Waals surface area contributed by atoms with Crippen LogP contribution < -0.4 is 0 Å². The van der Waals surface area contributed by atoms with E-state index in [0.29, 0.717) is 0 Å². The van der Waals surface area contributed by atoms with Crippen molar-refractivity contribution in [3.8, 4) is 0 Å². The second-order valence-corrected chi connectivity index (χ2v) is 4.22. The summed E-state index contributed by atoms with van der Waals surface area (Å²) < 4.78 is 0. The Morgan fingerprint density at radius 1 is 1.00 bits per heavy atom. The first kappa shape index (κ1) is 10.9. The fourth-order valence-electron chi connectivity index (χ4n) is 1.97. The van der Waals surface area contributed by atoms with Crippen molar-refractivity contribution in [3.63, 3.8) is 0 Å². The maximum absolute atomic E-state index is 3.48. The van der Waals surface area contributed by atoms with Crippen LogP contribution in [0.3, 0.4) is 0 Å². The van der Waals surface area contributed by atoms with Gasteiger partial charge >= 0.3 is 0 Å². The summed E-state index contributed by atoms with van der Waals surface area (Å²) in [5.41, 5.74) is 5.29. The van der Waals surface area contributed by atoms with Crippen molar-refractivity contribution in [1.29, 1.82) is 0 Å². The molecule has 81 valence electrons. The van der Waals surface area contributed by atoms with Crippen LogP contribution in [0.1, 0.15) is 29.2 Å². The Balaban J connectivity index is 2.24. The highest BCUT2D eigenvalue weighted by atomic mass is 14.0. The first-order valence-electron chi connectivity index (χ1n) is 5.83. The van der Waals surface area contributed by atoms with Crippen molar-refractivity contribution in [1.82, 2.24) is 0 Å². The van der Waals surface area contributed by atoms with Gasteiger partial charge in [0.2, 0.25) is 0 Å². The minimum Gasteiger partial charge on any atom is -0.0622 e. The Labute approximate surface area is 97.9 Å². The molecule has 0 aliphatic heterocycles. The van der Waals surface area contributed by atoms with Crippen LogP contribution in [0.15, 0.2) is 42.5 Å². The standard InChI is InChI=1S/C16H17/c1-3-14-9-13(2)10-16(11-14)12-15-7-5-4-6-8-15/h4-10H,3,12H2,1-2H3. The molecule has 0 bridgehead atoms. The molecule has 16 heavy (non-hydrogen) atoms. The van der Waals surface area contributed by atoms with Gasteiger partial charge in [0, 0.05) is 0 Å². The average molecular weight is 209 g/mol. The maximum Gasteiger partial charge on any atom is -0.00194 e. The van der Waals surface area contributed by atoms with Gasteiger partial charge < -0.3 is 0 Å². The molecule has 0 saturated carbocycles. The molecule has 2 aromatic rings. The maximum atomic E-state index is 3.48. The van der Waals surface area contributed by atoms with Gasteiger partial charge in [0.15, 0.2) is 0 Å². The molecule has 0 fully saturated rings. The van der Waals surface area contributed by atoms with Gasteiger partial charge in [-0.05, 0) is 42.5 Å². The minimum atomic E-state index is 0.982. The average Bonchev–Trinajstić information content (AvgIpc) is 2.29. The summed E-state index contributed by atoms with van der Waals surface area (Å²) in [6.45, 7) is 4.33. The van der Waals surface area contributed by atoms with Gasteiger partial charge in [-0.1, -0.05) is 55.0 Å². The second-order valence-electron chi connectivity index (χ2n) is 4.22. The molecular weight excluding hydrogens is 192 g/mol. The third-order valence-electron chi connectivity index (χ3n) is 2.74. The van der Waals surface area contributed by atoms with Crippen molar-refractivity contribution in [2.75, 3.05) is 0 Å². The first-order valence-corrected chi connectivity index (χ1v) is 5.83. The van der Waals surface area contributed by atoms with Crippen LogP contribution in [0.5, 0.6) is 0 Å². The molecule has 0 atom stereocenters. The lowest BCUT2D eigenvalue weighted by atomic mass is 9.99. The highest BCUT2D eigenvalue weighted by Gasteiger charge is 1.99. The zero-order valence-electron chi connectivity index (χ0n) is 9.96. The van der Waals surface area contributed by atoms with Gasteiger partial charge in [-0.25, -0.2) is 0 Å². The van der Waals surface area contributed by atoms with Gasteiger partial charge in [-0.2, -0.15) is 0 Å². The predicted octanol–water partition coefficient (Wildman–Crippen LogP) is 3.95. The van der Waals surface area contributed by atoms with Crippen molar-refractivity contribution >= 4 is 0 Å². The van der Waals surface area contributed by atoms with E-state index in [9.17, 15) is 0 Å². The Morgan fingerprint density at radius 3 is 2.38 bits per heavy atom. The van der Waals surface area contributed by atoms with Gasteiger partial charge in [-0.15, -0.1) is 0 Å². The lowest BCUT2D eigenvalue weighted by Gasteiger charge is -2.05. The number of benzene rings is 2. The molecule has 1 radical (unpaired) electrons. The van der Waals surface area contributed by atoms with Crippen LogP contribution in [0.25, 0.3) is 0 Å². The van der Waals surface area contributed by atoms with E-state index in [0.717, 1.165) is 12.8 Å². The zero-order chi connectivity index (χ0) is 11.4. The number of hydrogen-bond acceptors (Lipinski definition) is 0. The van der Waals surface area contributed by atoms with Crippen molar-refractivity contribution in [3.05, 3.63) is 70.8 Å². The molecule has 0 aromatic heterocycles. The first-order chi connectivity index (χ1) is 7.78. The molecule has 0 aliphatic carbocycles. The Bertz CT molecular complexity index is 455. The Morgan fingerprint density at radius 2 is 1.69 bits per heavy atom. The molecule has 2 rings (SSSR count). The molecular formula is C16H17. The lowest BCUT2D eigenvalue weighted by molar-refractivity contribution is 1.09. The van der Waals surface area contributed by atoms with E-state index in [1.807, 2.05) is 0 Å². The normalized spacial score (nSPS) is 10.4. The van der Waals surface area contributed by atoms with Crippen LogP contribution in [-0.2, 0) is 12.8 Å². The van der Waals surface area contributed by atoms with Gasteiger partial charge in [0.1, 0.15) is 0 Å². The summed E-state index contributed by atoms with van der Waals surface area (Å²) in [6.07, 6.45) is 2.04. The SMILES string of the molecule is CCc1[c]c(Cc2ccccc2)cc(C)c1. The van der Waals surface area contributed by atoms with Crippen LogP contribution in [-0.4, -0.2) is 0 Å². The second kappa shape index (κ2) is 4.98. The number of aryl methyl sites for hydroxylation is 2. The van der Waals surface area contributed by atoms with Crippen molar-refractivity contribution < 1.29 is 0 Å². The Kier molecular flexibility index (Phi) is 3.40. The quantitative estimate of drug-likeness (QED) is 0.718. The number of rotatable bonds is 3. The van der Waals surface area contributed by atoms with Crippen molar-refractivity contribution in [2.45, 2.75) is 26.7 Å². The third kappa shape index (κ3) is 2.73. The largest absolute Gasteiger partial charge is 0.0622 e. The number of hydrogen-bond donors (Lipinski definition) is 0. The summed E-state index contributed by atoms with van der Waals surface area (Å²) in [5.74, 6) is 0. The van der Waals surface area contributed by atoms with Crippen LogP contribution in [0.2, 0.25) is 0 Å². The highest BCUT2D eigenvalue weighted by molar-refractivity contribution is 5.32. The summed E-state index contributed by atoms with van der Waals surface area (Å²) in [7, 11) is 0. The molecule has 0 unspecified atom stereocenters. The smallest absolute Gasteiger partial charge is 0.00194 e. The molecule has 0 N–H and O–H groups in total. The van der Waals surface area contributed by atoms with E-state index < -0.39 is 0 Å². The summed E-state index contributed by atoms with van der Waals surface area (Å²) in [4.78, 5) is 0. The third-order valence-corrected chi connectivity index (χ3v) is 2.74. The summed E-state index contributed by atoms with van der Waals surface area (Å²) in [6, 6.07) is 18.5. The molecule has 0 heterocycles. The van der Waals surface area contributed by atoms with Crippen LogP contribution in [0.4, 0.5) is 0 Å². The van der Waals surface area contributed by atoms with E-state index in [4.69, 9.17) is 0 Å². The summed E-state index contributed by atoms with van der Waals surface area (Å²) >= 11 is 0. The predicted molar refractivity (Wildman–Crippen MR) is 68.6 cm³/mol. The molecule has 0 spiro atoms. The topological polar surface area (TPSA) is 0 Å². The Hall–Kier alpha value is -1.56. The van der Waals surface area contributed by atoms with Gasteiger partial charge in [0.25, 0.3) is 0 Å². The fourth-order valence-corrected chi connectivity index (χ4v) is 1.97. The van der Waals surface area contributed by atoms with Crippen molar-refractivity contribution in [2.24, 2.45) is 0 Å².